The van der Waals surface area contributed by atoms with Crippen molar-refractivity contribution in [1.82, 2.24) is 5.32 Å². The van der Waals surface area contributed by atoms with Gasteiger partial charge in [0.15, 0.2) is 0 Å². The second-order valence-electron chi connectivity index (χ2n) is 4.41. The van der Waals surface area contributed by atoms with Crippen LogP contribution in [0.1, 0.15) is 39.5 Å². The van der Waals surface area contributed by atoms with Gasteiger partial charge in [-0.15, -0.1) is 0 Å². The maximum absolute atomic E-state index is 10.7. The van der Waals surface area contributed by atoms with Gasteiger partial charge in [-0.1, -0.05) is 19.9 Å². The van der Waals surface area contributed by atoms with E-state index >= 15 is 0 Å². The summed E-state index contributed by atoms with van der Waals surface area (Å²) in [4.78, 5) is 10.7. The maximum Gasteiger partial charge on any atom is 0.331 e. The van der Waals surface area contributed by atoms with E-state index in [0.29, 0.717) is 24.6 Å². The number of rotatable bonds is 5. The molecule has 0 aliphatic heterocycles. The van der Waals surface area contributed by atoms with Gasteiger partial charge >= 0.3 is 5.97 Å². The Kier molecular flexibility index (Phi) is 4.82. The third-order valence-corrected chi connectivity index (χ3v) is 3.11. The summed E-state index contributed by atoms with van der Waals surface area (Å²) in [6.45, 7) is 4.83. The molecule has 0 saturated heterocycles. The summed E-state index contributed by atoms with van der Waals surface area (Å²) in [5.41, 5.74) is 0.508. The van der Waals surface area contributed by atoms with Crippen LogP contribution in [0.5, 0.6) is 0 Å². The van der Waals surface area contributed by atoms with Crippen molar-refractivity contribution in [3.05, 3.63) is 11.6 Å². The zero-order valence-corrected chi connectivity index (χ0v) is 9.62. The summed E-state index contributed by atoms with van der Waals surface area (Å²) >= 11 is 0. The first-order chi connectivity index (χ1) is 7.13. The van der Waals surface area contributed by atoms with Gasteiger partial charge in [0.25, 0.3) is 0 Å². The maximum atomic E-state index is 10.7. The van der Waals surface area contributed by atoms with E-state index in [0.717, 1.165) is 5.92 Å². The summed E-state index contributed by atoms with van der Waals surface area (Å²) < 4.78 is 0. The lowest BCUT2D eigenvalue weighted by molar-refractivity contribution is -0.132. The molecular formula is C12H21NO2. The number of nitrogens with one attached hydrogen (secondary N) is 1. The van der Waals surface area contributed by atoms with Crippen molar-refractivity contribution in [3.8, 4) is 0 Å². The van der Waals surface area contributed by atoms with E-state index in [1.807, 2.05) is 6.92 Å². The molecule has 15 heavy (non-hydrogen) atoms. The fourth-order valence-corrected chi connectivity index (χ4v) is 2.12. The lowest BCUT2D eigenvalue weighted by Gasteiger charge is -2.10. The van der Waals surface area contributed by atoms with E-state index in [4.69, 9.17) is 5.11 Å². The first kappa shape index (κ1) is 12.2. The highest BCUT2D eigenvalue weighted by Crippen LogP contribution is 2.24. The molecule has 0 bridgehead atoms. The molecule has 0 radical (unpaired) electrons. The molecule has 1 aliphatic rings. The van der Waals surface area contributed by atoms with Crippen LogP contribution in [0.3, 0.4) is 0 Å². The van der Waals surface area contributed by atoms with Gasteiger partial charge < -0.3 is 10.4 Å². The average molecular weight is 211 g/mol. The Morgan fingerprint density at radius 2 is 2.27 bits per heavy atom. The van der Waals surface area contributed by atoms with Crippen molar-refractivity contribution in [1.29, 1.82) is 0 Å². The molecule has 2 N–H and O–H groups in total. The van der Waals surface area contributed by atoms with Gasteiger partial charge in [-0.2, -0.15) is 0 Å². The smallest absolute Gasteiger partial charge is 0.331 e. The van der Waals surface area contributed by atoms with Crippen molar-refractivity contribution < 1.29 is 9.90 Å². The molecule has 3 heteroatoms. The van der Waals surface area contributed by atoms with Gasteiger partial charge in [0.05, 0.1) is 0 Å². The fourth-order valence-electron chi connectivity index (χ4n) is 2.12. The molecule has 0 aromatic heterocycles. The third kappa shape index (κ3) is 4.04. The summed E-state index contributed by atoms with van der Waals surface area (Å²) in [6.07, 6.45) is 6.14. The van der Waals surface area contributed by atoms with Crippen LogP contribution in [-0.4, -0.2) is 23.7 Å². The fraction of sp³-hybridized carbons (Fsp3) is 0.750. The molecule has 1 rings (SSSR count). The Bertz CT molecular complexity index is 248. The summed E-state index contributed by atoms with van der Waals surface area (Å²) in [6, 6.07) is 0.586. The molecule has 1 aliphatic carbocycles. The van der Waals surface area contributed by atoms with E-state index in [9.17, 15) is 4.79 Å². The second kappa shape index (κ2) is 5.91. The molecule has 1 fully saturated rings. The van der Waals surface area contributed by atoms with Crippen LogP contribution in [0.25, 0.3) is 0 Å². The Balaban J connectivity index is 2.28. The van der Waals surface area contributed by atoms with Crippen molar-refractivity contribution in [2.75, 3.05) is 6.54 Å². The highest BCUT2D eigenvalue weighted by Gasteiger charge is 2.19. The van der Waals surface area contributed by atoms with Gasteiger partial charge in [0.1, 0.15) is 0 Å². The predicted molar refractivity (Wildman–Crippen MR) is 60.8 cm³/mol. The lowest BCUT2D eigenvalue weighted by atomic mass is 10.1. The highest BCUT2D eigenvalue weighted by molar-refractivity contribution is 5.86. The Morgan fingerprint density at radius 3 is 2.73 bits per heavy atom. The first-order valence-electron chi connectivity index (χ1n) is 5.79. The minimum atomic E-state index is -0.793. The molecular weight excluding hydrogens is 190 g/mol. The molecule has 0 heterocycles. The summed E-state index contributed by atoms with van der Waals surface area (Å²) in [5, 5.41) is 12.2. The topological polar surface area (TPSA) is 49.3 Å². The van der Waals surface area contributed by atoms with Gasteiger partial charge in [-0.05, 0) is 31.6 Å². The van der Waals surface area contributed by atoms with E-state index in [2.05, 4.69) is 12.2 Å². The van der Waals surface area contributed by atoms with E-state index in [-0.39, 0.29) is 0 Å². The van der Waals surface area contributed by atoms with Crippen molar-refractivity contribution in [2.45, 2.75) is 45.6 Å². The lowest BCUT2D eigenvalue weighted by Crippen LogP contribution is -2.26. The largest absolute Gasteiger partial charge is 0.478 e. The molecule has 0 aromatic rings. The monoisotopic (exact) mass is 211 g/mol. The Labute approximate surface area is 91.6 Å². The zero-order chi connectivity index (χ0) is 11.3. The van der Waals surface area contributed by atoms with Crippen LogP contribution in [0.15, 0.2) is 11.6 Å². The summed E-state index contributed by atoms with van der Waals surface area (Å²) in [5.74, 6) is 0.0238. The molecule has 2 unspecified atom stereocenters. The van der Waals surface area contributed by atoms with Crippen LogP contribution < -0.4 is 5.32 Å². The van der Waals surface area contributed by atoms with Crippen LogP contribution in [0, 0.1) is 5.92 Å². The highest BCUT2D eigenvalue weighted by atomic mass is 16.4. The van der Waals surface area contributed by atoms with Gasteiger partial charge in [0.2, 0.25) is 0 Å². The van der Waals surface area contributed by atoms with Gasteiger partial charge in [-0.3, -0.25) is 0 Å². The van der Waals surface area contributed by atoms with Crippen LogP contribution in [0.2, 0.25) is 0 Å². The number of hydrogen-bond acceptors (Lipinski definition) is 2. The SMILES string of the molecule is CCC(=CCNC1CCC(C)C1)C(=O)O. The Hall–Kier alpha value is -0.830. The quantitative estimate of drug-likeness (QED) is 0.685. The van der Waals surface area contributed by atoms with Crippen LogP contribution >= 0.6 is 0 Å². The van der Waals surface area contributed by atoms with Gasteiger partial charge in [-0.25, -0.2) is 4.79 Å². The zero-order valence-electron chi connectivity index (χ0n) is 9.62. The van der Waals surface area contributed by atoms with Crippen molar-refractivity contribution in [3.63, 3.8) is 0 Å². The first-order valence-corrected chi connectivity index (χ1v) is 5.79. The van der Waals surface area contributed by atoms with Crippen molar-refractivity contribution >= 4 is 5.97 Å². The molecule has 1 saturated carbocycles. The molecule has 0 amide bonds. The van der Waals surface area contributed by atoms with E-state index in [1.165, 1.54) is 19.3 Å². The van der Waals surface area contributed by atoms with Crippen LogP contribution in [-0.2, 0) is 4.79 Å². The van der Waals surface area contributed by atoms with E-state index in [1.54, 1.807) is 6.08 Å². The molecule has 86 valence electrons. The number of aliphatic carboxylic acids is 1. The minimum Gasteiger partial charge on any atom is -0.478 e. The molecule has 3 nitrogen and oxygen atoms in total. The third-order valence-electron chi connectivity index (χ3n) is 3.11. The molecule has 0 aromatic carbocycles. The summed E-state index contributed by atoms with van der Waals surface area (Å²) in [7, 11) is 0. The van der Waals surface area contributed by atoms with E-state index < -0.39 is 5.97 Å². The second-order valence-corrected chi connectivity index (χ2v) is 4.41. The predicted octanol–water partition coefficient (Wildman–Crippen LogP) is 2.19. The minimum absolute atomic E-state index is 0.508. The van der Waals surface area contributed by atoms with Crippen molar-refractivity contribution in [2.24, 2.45) is 5.92 Å². The number of carboxylic acid groups (broad SMARTS) is 1. The van der Waals surface area contributed by atoms with Crippen LogP contribution in [0.4, 0.5) is 0 Å². The van der Waals surface area contributed by atoms with Gasteiger partial charge in [0, 0.05) is 18.2 Å². The molecule has 2 atom stereocenters. The average Bonchev–Trinajstić information content (AvgIpc) is 2.58. The molecule has 0 spiro atoms. The normalized spacial score (nSPS) is 26.9. The Morgan fingerprint density at radius 1 is 1.53 bits per heavy atom. The number of hydrogen-bond donors (Lipinski definition) is 2. The standard InChI is InChI=1S/C12H21NO2/c1-3-10(12(14)15)6-7-13-11-5-4-9(2)8-11/h6,9,11,13H,3-5,7-8H2,1-2H3,(H,14,15). The number of carbonyl (C=O) groups is 1. The number of carboxylic acids is 1.